The zero-order valence-corrected chi connectivity index (χ0v) is 22.9. The summed E-state index contributed by atoms with van der Waals surface area (Å²) < 4.78 is 2.43. The molecule has 0 bridgehead atoms. The van der Waals surface area contributed by atoms with Crippen molar-refractivity contribution in [3.63, 3.8) is 0 Å². The normalized spacial score (nSPS) is 14.5. The smallest absolute Gasteiger partial charge is 0.303 e. The highest BCUT2D eigenvalue weighted by atomic mass is 32.2. The van der Waals surface area contributed by atoms with E-state index in [1.54, 1.807) is 17.3 Å². The number of carboxylic acid groups (broad SMARTS) is 1. The van der Waals surface area contributed by atoms with E-state index in [4.69, 9.17) is 22.4 Å². The topological polar surface area (TPSA) is 88.3 Å². The van der Waals surface area contributed by atoms with E-state index in [-0.39, 0.29) is 12.3 Å². The van der Waals surface area contributed by atoms with Gasteiger partial charge in [-0.2, -0.15) is 5.10 Å². The van der Waals surface area contributed by atoms with Crippen LogP contribution in [0.25, 0.3) is 23.0 Å². The van der Waals surface area contributed by atoms with Crippen molar-refractivity contribution in [2.75, 3.05) is 6.54 Å². The number of rotatable bonds is 14. The molecule has 1 N–H and O–H groups in total. The van der Waals surface area contributed by atoms with Crippen LogP contribution < -0.4 is 0 Å². The first-order valence-electron chi connectivity index (χ1n) is 13.1. The maximum Gasteiger partial charge on any atom is 0.303 e. The van der Waals surface area contributed by atoms with E-state index in [1.165, 1.54) is 11.8 Å². The van der Waals surface area contributed by atoms with Gasteiger partial charge in [0, 0.05) is 42.7 Å². The highest BCUT2D eigenvalue weighted by Gasteiger charge is 2.32. The Labute approximate surface area is 233 Å². The quantitative estimate of drug-likeness (QED) is 0.136. The van der Waals surface area contributed by atoms with Crippen LogP contribution >= 0.6 is 24.0 Å². The lowest BCUT2D eigenvalue weighted by Crippen LogP contribution is -2.29. The Morgan fingerprint density at radius 3 is 2.29 bits per heavy atom. The zero-order valence-electron chi connectivity index (χ0n) is 21.3. The van der Waals surface area contributed by atoms with Crippen LogP contribution in [0.4, 0.5) is 0 Å². The van der Waals surface area contributed by atoms with Gasteiger partial charge < -0.3 is 5.11 Å². The standard InChI is InChI=1S/C29H32N4O3S2/c34-26(35)14-10-5-3-1-2-4-6-11-19-32-28(36)25(38-29(32)37)20-23-21-33(24-12-8-7-9-13-24)31-27(23)22-15-17-30-18-16-22/h7-9,12-13,15-18,20-21H,1-6,10-11,14,19H2,(H,34,35)/b25-20-. The van der Waals surface area contributed by atoms with Gasteiger partial charge in [0.2, 0.25) is 0 Å². The van der Waals surface area contributed by atoms with Crippen molar-refractivity contribution < 1.29 is 14.7 Å². The van der Waals surface area contributed by atoms with Crippen LogP contribution in [0.3, 0.4) is 0 Å². The van der Waals surface area contributed by atoms with Crippen molar-refractivity contribution in [1.82, 2.24) is 19.7 Å². The Balaban J connectivity index is 1.35. The predicted molar refractivity (Wildman–Crippen MR) is 156 cm³/mol. The van der Waals surface area contributed by atoms with Gasteiger partial charge in [0.15, 0.2) is 0 Å². The minimum Gasteiger partial charge on any atom is -0.481 e. The third-order valence-corrected chi connectivity index (χ3v) is 7.78. The highest BCUT2D eigenvalue weighted by Crippen LogP contribution is 2.35. The van der Waals surface area contributed by atoms with Gasteiger partial charge in [0.1, 0.15) is 10.0 Å². The number of para-hydroxylation sites is 1. The molecule has 198 valence electrons. The van der Waals surface area contributed by atoms with E-state index in [0.717, 1.165) is 73.9 Å². The zero-order chi connectivity index (χ0) is 26.7. The number of carbonyl (C=O) groups is 2. The van der Waals surface area contributed by atoms with Gasteiger partial charge in [-0.25, -0.2) is 4.68 Å². The number of carbonyl (C=O) groups excluding carboxylic acids is 1. The van der Waals surface area contributed by atoms with E-state index in [2.05, 4.69) is 4.98 Å². The van der Waals surface area contributed by atoms with E-state index < -0.39 is 5.97 Å². The minimum absolute atomic E-state index is 0.0495. The molecule has 1 aliphatic rings. The Morgan fingerprint density at radius 1 is 0.947 bits per heavy atom. The second-order valence-electron chi connectivity index (χ2n) is 9.25. The number of benzene rings is 1. The van der Waals surface area contributed by atoms with Crippen molar-refractivity contribution in [3.05, 3.63) is 71.5 Å². The van der Waals surface area contributed by atoms with Gasteiger partial charge in [0.05, 0.1) is 10.6 Å². The van der Waals surface area contributed by atoms with E-state index in [0.29, 0.717) is 15.8 Å². The summed E-state index contributed by atoms with van der Waals surface area (Å²) in [6, 6.07) is 13.7. The number of aliphatic carboxylic acids is 1. The molecule has 1 amide bonds. The fraction of sp³-hybridized carbons (Fsp3) is 0.345. The third-order valence-electron chi connectivity index (χ3n) is 6.40. The number of hydrogen-bond donors (Lipinski definition) is 1. The molecular formula is C29H32N4O3S2. The highest BCUT2D eigenvalue weighted by molar-refractivity contribution is 8.26. The summed E-state index contributed by atoms with van der Waals surface area (Å²) >= 11 is 6.90. The van der Waals surface area contributed by atoms with Crippen LogP contribution in [0.2, 0.25) is 0 Å². The number of unbranched alkanes of at least 4 members (excludes halogenated alkanes) is 7. The van der Waals surface area contributed by atoms with Gasteiger partial charge in [0.25, 0.3) is 5.91 Å². The van der Waals surface area contributed by atoms with Crippen molar-refractivity contribution in [2.24, 2.45) is 0 Å². The van der Waals surface area contributed by atoms with Gasteiger partial charge in [-0.15, -0.1) is 0 Å². The summed E-state index contributed by atoms with van der Waals surface area (Å²) in [4.78, 5) is 30.2. The van der Waals surface area contributed by atoms with Crippen LogP contribution in [-0.2, 0) is 9.59 Å². The Kier molecular flexibility index (Phi) is 10.2. The number of carboxylic acids is 1. The van der Waals surface area contributed by atoms with Crippen LogP contribution in [0.5, 0.6) is 0 Å². The number of pyridine rings is 1. The first-order chi connectivity index (χ1) is 18.5. The Hall–Kier alpha value is -3.30. The minimum atomic E-state index is -0.716. The molecule has 38 heavy (non-hydrogen) atoms. The molecule has 0 spiro atoms. The molecule has 1 aliphatic heterocycles. The van der Waals surface area contributed by atoms with Crippen molar-refractivity contribution in [1.29, 1.82) is 0 Å². The molecule has 0 atom stereocenters. The molecule has 1 fully saturated rings. The van der Waals surface area contributed by atoms with Crippen LogP contribution in [0.15, 0.2) is 66.0 Å². The fourth-order valence-electron chi connectivity index (χ4n) is 4.38. The average Bonchev–Trinajstić information content (AvgIpc) is 3.46. The van der Waals surface area contributed by atoms with E-state index in [9.17, 15) is 9.59 Å². The molecule has 4 rings (SSSR count). The summed E-state index contributed by atoms with van der Waals surface area (Å²) in [5.74, 6) is -0.765. The lowest BCUT2D eigenvalue weighted by molar-refractivity contribution is -0.137. The molecular weight excluding hydrogens is 516 g/mol. The second-order valence-corrected chi connectivity index (χ2v) is 10.9. The Bertz CT molecular complexity index is 1280. The van der Waals surface area contributed by atoms with Crippen molar-refractivity contribution >= 4 is 46.3 Å². The fourth-order valence-corrected chi connectivity index (χ4v) is 5.68. The lowest BCUT2D eigenvalue weighted by Gasteiger charge is -2.14. The monoisotopic (exact) mass is 548 g/mol. The average molecular weight is 549 g/mol. The summed E-state index contributed by atoms with van der Waals surface area (Å²) in [6.07, 6.45) is 15.7. The van der Waals surface area contributed by atoms with Crippen LogP contribution in [0, 0.1) is 0 Å². The molecule has 9 heteroatoms. The first-order valence-corrected chi connectivity index (χ1v) is 14.3. The predicted octanol–water partition coefficient (Wildman–Crippen LogP) is 6.73. The summed E-state index contributed by atoms with van der Waals surface area (Å²) in [5, 5.41) is 13.5. The molecule has 0 radical (unpaired) electrons. The number of aromatic nitrogens is 3. The molecule has 0 aliphatic carbocycles. The van der Waals surface area contributed by atoms with Gasteiger partial charge in [-0.05, 0) is 43.2 Å². The number of hydrogen-bond acceptors (Lipinski definition) is 6. The molecule has 1 saturated heterocycles. The molecule has 0 unspecified atom stereocenters. The van der Waals surface area contributed by atoms with Crippen LogP contribution in [-0.4, -0.2) is 47.5 Å². The molecule has 1 aromatic carbocycles. The van der Waals surface area contributed by atoms with Crippen molar-refractivity contribution in [3.8, 4) is 16.9 Å². The summed E-state index contributed by atoms with van der Waals surface area (Å²) in [5.41, 5.74) is 3.50. The molecule has 7 nitrogen and oxygen atoms in total. The summed E-state index contributed by atoms with van der Waals surface area (Å²) in [6.45, 7) is 0.626. The van der Waals surface area contributed by atoms with Crippen LogP contribution in [0.1, 0.15) is 63.4 Å². The molecule has 3 aromatic rings. The number of thioether (sulfide) groups is 1. The first kappa shape index (κ1) is 27.7. The molecule has 2 aromatic heterocycles. The number of thiocarbonyl (C=S) groups is 1. The van der Waals surface area contributed by atoms with Crippen molar-refractivity contribution in [2.45, 2.75) is 57.8 Å². The van der Waals surface area contributed by atoms with Gasteiger partial charge >= 0.3 is 5.97 Å². The van der Waals surface area contributed by atoms with Gasteiger partial charge in [-0.3, -0.25) is 19.5 Å². The molecule has 0 saturated carbocycles. The third kappa shape index (κ3) is 7.61. The Morgan fingerprint density at radius 2 is 1.61 bits per heavy atom. The maximum absolute atomic E-state index is 13.2. The van der Waals surface area contributed by atoms with Gasteiger partial charge in [-0.1, -0.05) is 80.7 Å². The number of nitrogens with zero attached hydrogens (tertiary/aromatic N) is 4. The second kappa shape index (κ2) is 14.0. The SMILES string of the molecule is O=C(O)CCCCCCCCCCN1C(=O)/C(=C/c2cn(-c3ccccc3)nc2-c2ccncc2)SC1=S. The lowest BCUT2D eigenvalue weighted by atomic mass is 10.1. The maximum atomic E-state index is 13.2. The number of amides is 1. The summed E-state index contributed by atoms with van der Waals surface area (Å²) in [7, 11) is 0. The molecule has 3 heterocycles. The largest absolute Gasteiger partial charge is 0.481 e. The van der Waals surface area contributed by atoms with E-state index in [1.807, 2.05) is 59.4 Å². The van der Waals surface area contributed by atoms with E-state index >= 15 is 0 Å².